The molecule has 0 saturated heterocycles. The zero-order valence-corrected chi connectivity index (χ0v) is 11.4. The van der Waals surface area contributed by atoms with Crippen molar-refractivity contribution in [1.29, 1.82) is 0 Å². The molecule has 0 amide bonds. The molecule has 21 heavy (non-hydrogen) atoms. The summed E-state index contributed by atoms with van der Waals surface area (Å²) in [5.41, 5.74) is -0.743. The lowest BCUT2D eigenvalue weighted by atomic mass is 9.90. The van der Waals surface area contributed by atoms with Crippen molar-refractivity contribution in [3.8, 4) is 5.75 Å². The summed E-state index contributed by atoms with van der Waals surface area (Å²) >= 11 is 0. The van der Waals surface area contributed by atoms with E-state index in [9.17, 15) is 18.0 Å². The predicted octanol–water partition coefficient (Wildman–Crippen LogP) is 2.46. The number of hydrogen-bond acceptors (Lipinski definition) is 4. The summed E-state index contributed by atoms with van der Waals surface area (Å²) in [6, 6.07) is 4.35. The average molecular weight is 304 g/mol. The molecule has 1 fully saturated rings. The third-order valence-corrected chi connectivity index (χ3v) is 3.11. The van der Waals surface area contributed by atoms with Crippen LogP contribution in [0.2, 0.25) is 0 Å². The minimum absolute atomic E-state index is 0.0805. The van der Waals surface area contributed by atoms with E-state index in [1.54, 1.807) is 0 Å². The summed E-state index contributed by atoms with van der Waals surface area (Å²) in [6.45, 7) is 0.622. The van der Waals surface area contributed by atoms with Gasteiger partial charge in [0.15, 0.2) is 11.9 Å². The summed E-state index contributed by atoms with van der Waals surface area (Å²) in [5.74, 6) is 0.198. The Hall–Kier alpha value is -1.60. The first-order valence-electron chi connectivity index (χ1n) is 6.39. The fourth-order valence-corrected chi connectivity index (χ4v) is 1.93. The Morgan fingerprint density at radius 2 is 1.86 bits per heavy atom. The van der Waals surface area contributed by atoms with Gasteiger partial charge in [-0.05, 0) is 24.3 Å². The zero-order chi connectivity index (χ0) is 15.5. The Morgan fingerprint density at radius 3 is 2.38 bits per heavy atom. The summed E-state index contributed by atoms with van der Waals surface area (Å²) < 4.78 is 52.9. The highest BCUT2D eigenvalue weighted by molar-refractivity contribution is 5.90. The van der Waals surface area contributed by atoms with E-state index in [-0.39, 0.29) is 24.6 Å². The number of alkyl halides is 3. The quantitative estimate of drug-likeness (QED) is 0.757. The lowest BCUT2D eigenvalue weighted by Crippen LogP contribution is -2.52. The van der Waals surface area contributed by atoms with Crippen LogP contribution >= 0.6 is 0 Å². The molecule has 0 N–H and O–H groups in total. The van der Waals surface area contributed by atoms with Crippen molar-refractivity contribution in [1.82, 2.24) is 0 Å². The number of halogens is 3. The SMILES string of the molecule is COCCOC1C(=O)CC1Oc1ccc(C(F)(F)F)cc1. The van der Waals surface area contributed by atoms with Crippen LogP contribution < -0.4 is 4.74 Å². The number of Topliss-reactive ketones (excluding diaryl/α,β-unsaturated/α-hetero) is 1. The van der Waals surface area contributed by atoms with Crippen molar-refractivity contribution in [2.24, 2.45) is 0 Å². The van der Waals surface area contributed by atoms with Crippen molar-refractivity contribution < 1.29 is 32.2 Å². The highest BCUT2D eigenvalue weighted by atomic mass is 19.4. The maximum absolute atomic E-state index is 12.4. The minimum atomic E-state index is -4.38. The summed E-state index contributed by atoms with van der Waals surface area (Å²) in [5, 5.41) is 0. The highest BCUT2D eigenvalue weighted by Gasteiger charge is 2.42. The Balaban J connectivity index is 1.91. The second-order valence-electron chi connectivity index (χ2n) is 4.63. The van der Waals surface area contributed by atoms with Gasteiger partial charge < -0.3 is 14.2 Å². The molecular weight excluding hydrogens is 289 g/mol. The maximum atomic E-state index is 12.4. The first-order chi connectivity index (χ1) is 9.91. The lowest BCUT2D eigenvalue weighted by molar-refractivity contribution is -0.156. The molecule has 0 bridgehead atoms. The Kier molecular flexibility index (Phi) is 4.84. The first kappa shape index (κ1) is 15.8. The van der Waals surface area contributed by atoms with Crippen LogP contribution in [0, 0.1) is 0 Å². The summed E-state index contributed by atoms with van der Waals surface area (Å²) in [6.07, 6.45) is -5.33. The maximum Gasteiger partial charge on any atom is 0.416 e. The molecule has 1 aromatic carbocycles. The van der Waals surface area contributed by atoms with Gasteiger partial charge in [0.25, 0.3) is 0 Å². The topological polar surface area (TPSA) is 44.8 Å². The number of rotatable bonds is 6. The molecule has 2 atom stereocenters. The molecule has 0 radical (unpaired) electrons. The molecule has 1 aliphatic carbocycles. The van der Waals surface area contributed by atoms with Gasteiger partial charge in [0, 0.05) is 13.5 Å². The van der Waals surface area contributed by atoms with Gasteiger partial charge in [-0.2, -0.15) is 13.2 Å². The van der Waals surface area contributed by atoms with Crippen LogP contribution in [0.4, 0.5) is 13.2 Å². The van der Waals surface area contributed by atoms with Gasteiger partial charge >= 0.3 is 6.18 Å². The van der Waals surface area contributed by atoms with Crippen molar-refractivity contribution in [2.75, 3.05) is 20.3 Å². The van der Waals surface area contributed by atoms with Crippen LogP contribution in [0.15, 0.2) is 24.3 Å². The molecule has 116 valence electrons. The third kappa shape index (κ3) is 3.95. The lowest BCUT2D eigenvalue weighted by Gasteiger charge is -2.34. The van der Waals surface area contributed by atoms with Gasteiger partial charge in [0.1, 0.15) is 11.9 Å². The highest BCUT2D eigenvalue weighted by Crippen LogP contribution is 2.31. The van der Waals surface area contributed by atoms with E-state index < -0.39 is 23.9 Å². The molecule has 1 saturated carbocycles. The van der Waals surface area contributed by atoms with E-state index in [1.807, 2.05) is 0 Å². The van der Waals surface area contributed by atoms with Crippen LogP contribution in [-0.2, 0) is 20.4 Å². The number of benzene rings is 1. The van der Waals surface area contributed by atoms with Crippen LogP contribution in [0.3, 0.4) is 0 Å². The predicted molar refractivity (Wildman–Crippen MR) is 67.1 cm³/mol. The van der Waals surface area contributed by atoms with E-state index in [2.05, 4.69) is 0 Å². The molecule has 0 aromatic heterocycles. The van der Waals surface area contributed by atoms with E-state index in [4.69, 9.17) is 14.2 Å². The van der Waals surface area contributed by atoms with Gasteiger partial charge in [-0.3, -0.25) is 4.79 Å². The van der Waals surface area contributed by atoms with Crippen LogP contribution in [0.25, 0.3) is 0 Å². The molecule has 7 heteroatoms. The molecule has 2 unspecified atom stereocenters. The number of methoxy groups -OCH3 is 1. The summed E-state index contributed by atoms with van der Waals surface area (Å²) in [4.78, 5) is 11.4. The number of ether oxygens (including phenoxy) is 3. The molecule has 1 aliphatic rings. The average Bonchev–Trinajstić information content (AvgIpc) is 2.42. The number of carbonyl (C=O) groups excluding carboxylic acids is 1. The fourth-order valence-electron chi connectivity index (χ4n) is 1.93. The van der Waals surface area contributed by atoms with Crippen molar-refractivity contribution in [3.05, 3.63) is 29.8 Å². The standard InChI is InChI=1S/C14H15F3O4/c1-19-6-7-20-13-11(18)8-12(13)21-10-4-2-9(3-5-10)14(15,16)17/h2-5,12-13H,6-8H2,1H3. The Labute approximate surface area is 119 Å². The van der Waals surface area contributed by atoms with E-state index in [0.29, 0.717) is 6.61 Å². The van der Waals surface area contributed by atoms with Crippen molar-refractivity contribution in [2.45, 2.75) is 24.8 Å². The second-order valence-corrected chi connectivity index (χ2v) is 4.63. The van der Waals surface area contributed by atoms with Gasteiger partial charge in [0.05, 0.1) is 18.8 Å². The van der Waals surface area contributed by atoms with Crippen molar-refractivity contribution >= 4 is 5.78 Å². The van der Waals surface area contributed by atoms with E-state index in [1.165, 1.54) is 19.2 Å². The van der Waals surface area contributed by atoms with Gasteiger partial charge in [-0.25, -0.2) is 0 Å². The molecular formula is C14H15F3O4. The van der Waals surface area contributed by atoms with Gasteiger partial charge in [-0.15, -0.1) is 0 Å². The molecule has 0 aliphatic heterocycles. The number of ketones is 1. The van der Waals surface area contributed by atoms with Crippen LogP contribution in [0.1, 0.15) is 12.0 Å². The Bertz CT molecular complexity index is 484. The number of hydrogen-bond donors (Lipinski definition) is 0. The molecule has 0 spiro atoms. The first-order valence-corrected chi connectivity index (χ1v) is 6.39. The third-order valence-electron chi connectivity index (χ3n) is 3.11. The summed E-state index contributed by atoms with van der Waals surface area (Å²) in [7, 11) is 1.52. The van der Waals surface area contributed by atoms with E-state index >= 15 is 0 Å². The number of carbonyl (C=O) groups is 1. The van der Waals surface area contributed by atoms with Gasteiger partial charge in [0.2, 0.25) is 0 Å². The van der Waals surface area contributed by atoms with Gasteiger partial charge in [-0.1, -0.05) is 0 Å². The molecule has 0 heterocycles. The normalized spacial score (nSPS) is 22.0. The monoisotopic (exact) mass is 304 g/mol. The zero-order valence-electron chi connectivity index (χ0n) is 11.4. The molecule has 4 nitrogen and oxygen atoms in total. The molecule has 2 rings (SSSR count). The fraction of sp³-hybridized carbons (Fsp3) is 0.500. The largest absolute Gasteiger partial charge is 0.487 e. The second kappa shape index (κ2) is 6.44. The van der Waals surface area contributed by atoms with Crippen LogP contribution in [-0.4, -0.2) is 38.3 Å². The van der Waals surface area contributed by atoms with E-state index in [0.717, 1.165) is 12.1 Å². The van der Waals surface area contributed by atoms with Crippen molar-refractivity contribution in [3.63, 3.8) is 0 Å². The Morgan fingerprint density at radius 1 is 1.19 bits per heavy atom. The smallest absolute Gasteiger partial charge is 0.416 e. The molecule has 1 aromatic rings. The minimum Gasteiger partial charge on any atom is -0.487 e. The van der Waals surface area contributed by atoms with Crippen LogP contribution in [0.5, 0.6) is 5.75 Å².